The van der Waals surface area contributed by atoms with Gasteiger partial charge in [-0.25, -0.2) is 6.57 Å². The summed E-state index contributed by atoms with van der Waals surface area (Å²) in [7, 11) is -0.844. The van der Waals surface area contributed by atoms with E-state index in [1.165, 1.54) is 113 Å². The number of nitrogens with two attached hydrogens (primary N) is 2. The van der Waals surface area contributed by atoms with Crippen LogP contribution in [0.15, 0.2) is 235 Å². The molecule has 3 aromatic heterocycles. The number of nitrogens with zero attached hydrogens (tertiary/aromatic N) is 3. The third kappa shape index (κ3) is 17.2. The Hall–Kier alpha value is -9.24. The first-order valence-corrected chi connectivity index (χ1v) is 35.2. The summed E-state index contributed by atoms with van der Waals surface area (Å²) in [6.45, 7) is 9.04. The van der Waals surface area contributed by atoms with E-state index in [9.17, 15) is 10.0 Å². The van der Waals surface area contributed by atoms with E-state index in [1.807, 2.05) is 65.1 Å². The van der Waals surface area contributed by atoms with E-state index < -0.39 is 7.12 Å². The molecule has 15 heteroatoms. The maximum absolute atomic E-state index is 9.23. The highest BCUT2D eigenvalue weighted by Crippen LogP contribution is 2.41. The molecule has 0 fully saturated rings. The third-order valence-corrected chi connectivity index (χ3v) is 20.7. The highest BCUT2D eigenvalue weighted by Gasteiger charge is 2.16. The molecule has 9 nitrogen and oxygen atoms in total. The van der Waals surface area contributed by atoms with Crippen LogP contribution < -0.4 is 21.6 Å². The largest absolute Gasteiger partial charge is 0.569 e. The normalized spacial score (nSPS) is 10.9. The zero-order valence-corrected chi connectivity index (χ0v) is 57.0. The van der Waals surface area contributed by atoms with Crippen LogP contribution in [0.5, 0.6) is 5.75 Å². The van der Waals surface area contributed by atoms with Gasteiger partial charge in [-0.3, -0.25) is 0 Å². The van der Waals surface area contributed by atoms with Crippen molar-refractivity contribution in [1.29, 1.82) is 10.5 Å². The second-order valence-electron chi connectivity index (χ2n) is 23.3. The molecule has 0 bridgehead atoms. The summed E-state index contributed by atoms with van der Waals surface area (Å²) in [6.07, 6.45) is 7.65. The number of nitriles is 2. The molecule has 96 heavy (non-hydrogen) atoms. The zero-order valence-electron chi connectivity index (χ0n) is 52.9. The first-order chi connectivity index (χ1) is 47.0. The highest BCUT2D eigenvalue weighted by molar-refractivity contribution is 9.10. The molecule has 0 saturated carbocycles. The Labute approximate surface area is 582 Å². The van der Waals surface area contributed by atoms with Crippen LogP contribution in [0.4, 0.5) is 0 Å². The summed E-state index contributed by atoms with van der Waals surface area (Å²) in [5.41, 5.74) is 28.1. The van der Waals surface area contributed by atoms with Crippen LogP contribution >= 0.6 is 49.9 Å². The van der Waals surface area contributed by atoms with Crippen LogP contribution in [0.2, 0.25) is 0 Å². The van der Waals surface area contributed by atoms with Crippen molar-refractivity contribution in [1.82, 2.24) is 0 Å². The number of hydrogen-bond donors (Lipinski definition) is 5. The predicted octanol–water partition coefficient (Wildman–Crippen LogP) is 19.0. The van der Waals surface area contributed by atoms with Gasteiger partial charge in [-0.15, -0.1) is 34.0 Å². The van der Waals surface area contributed by atoms with Gasteiger partial charge in [0.05, 0.1) is 12.1 Å². The van der Waals surface area contributed by atoms with E-state index in [1.54, 1.807) is 29.5 Å². The SMILES string of the molecule is N#CCCc1cccc(Br)c1.NCCCc1cccc(-c2ccc3sc4ccc(-c5cccc(CCCN)c5)cc4c3c2)c1.O[B]Oc1ccc2sc3ccc(B(O)O)cc3c2c1.[C-]#[N+]CCc1cccc(-c2ccc3sc4ccc(-c5cccc(CCC#N)c5)cc4c3c2)c1. The number of aryl methyl sites for hydroxylation is 4. The molecule has 3 heterocycles. The summed E-state index contributed by atoms with van der Waals surface area (Å²) in [4.78, 5) is 3.49. The Balaban J connectivity index is 0.000000139. The molecule has 7 N–H and O–H groups in total. The van der Waals surface area contributed by atoms with Gasteiger partial charge in [-0.05, 0) is 214 Å². The van der Waals surface area contributed by atoms with Crippen LogP contribution in [0.1, 0.15) is 53.5 Å². The molecule has 11 aromatic carbocycles. The van der Waals surface area contributed by atoms with E-state index in [4.69, 9.17) is 38.2 Å². The fourth-order valence-corrected chi connectivity index (χ4v) is 15.5. The summed E-state index contributed by atoms with van der Waals surface area (Å²) in [6, 6.07) is 85.2. The van der Waals surface area contributed by atoms with Crippen LogP contribution in [-0.2, 0) is 32.1 Å². The van der Waals surface area contributed by atoms with Crippen LogP contribution in [0.3, 0.4) is 0 Å². The smallest absolute Gasteiger partial charge is 0.537 e. The second kappa shape index (κ2) is 33.4. The van der Waals surface area contributed by atoms with E-state index in [2.05, 4.69) is 203 Å². The van der Waals surface area contributed by atoms with Crippen molar-refractivity contribution >= 4 is 131 Å². The van der Waals surface area contributed by atoms with Crippen molar-refractivity contribution in [3.8, 4) is 62.4 Å². The molecule has 0 atom stereocenters. The summed E-state index contributed by atoms with van der Waals surface area (Å²) < 4.78 is 13.4. The highest BCUT2D eigenvalue weighted by atomic mass is 79.9. The van der Waals surface area contributed by atoms with Crippen LogP contribution in [0, 0.1) is 29.2 Å². The van der Waals surface area contributed by atoms with Crippen molar-refractivity contribution in [2.24, 2.45) is 11.5 Å². The Morgan fingerprint density at radius 2 is 0.771 bits per heavy atom. The molecule has 0 amide bonds. The zero-order chi connectivity index (χ0) is 66.8. The maximum Gasteiger partial charge on any atom is 0.569 e. The molecule has 0 aliphatic heterocycles. The lowest BCUT2D eigenvalue weighted by atomic mass is 9.80. The van der Waals surface area contributed by atoms with Gasteiger partial charge >= 0.3 is 14.8 Å². The molecule has 0 spiro atoms. The van der Waals surface area contributed by atoms with E-state index in [-0.39, 0.29) is 0 Å². The fourth-order valence-electron chi connectivity index (χ4n) is 11.9. The van der Waals surface area contributed by atoms with Crippen molar-refractivity contribution in [3.63, 3.8) is 0 Å². The van der Waals surface area contributed by atoms with Crippen molar-refractivity contribution < 1.29 is 19.7 Å². The Bertz CT molecular complexity index is 4940. The van der Waals surface area contributed by atoms with Gasteiger partial charge in [0, 0.05) is 84.3 Å². The lowest BCUT2D eigenvalue weighted by molar-refractivity contribution is 0.426. The predicted molar refractivity (Wildman–Crippen MR) is 410 cm³/mol. The average molecular weight is 1370 g/mol. The summed E-state index contributed by atoms with van der Waals surface area (Å²) in [5.74, 6) is 0.532. The van der Waals surface area contributed by atoms with E-state index >= 15 is 0 Å². The molecule has 0 aliphatic carbocycles. The Morgan fingerprint density at radius 1 is 0.427 bits per heavy atom. The molecular formula is C81H69B2BrN5O4S3. The number of rotatable bonds is 19. The molecule has 0 unspecified atom stereocenters. The molecular weight excluding hydrogens is 1300 g/mol. The Morgan fingerprint density at radius 3 is 1.15 bits per heavy atom. The second-order valence-corrected chi connectivity index (χ2v) is 27.5. The number of fused-ring (bicyclic) bond motifs is 9. The molecule has 0 saturated heterocycles. The topological polar surface area (TPSA) is 174 Å². The molecule has 473 valence electrons. The molecule has 14 aromatic rings. The monoisotopic (exact) mass is 1370 g/mol. The first-order valence-electron chi connectivity index (χ1n) is 32.0. The first kappa shape index (κ1) is 68.2. The van der Waals surface area contributed by atoms with Gasteiger partial charge in [0.15, 0.2) is 0 Å². The number of benzene rings is 11. The minimum Gasteiger partial charge on any atom is -0.537 e. The van der Waals surface area contributed by atoms with E-state index in [0.29, 0.717) is 38.3 Å². The molecule has 14 rings (SSSR count). The van der Waals surface area contributed by atoms with Gasteiger partial charge in [0.2, 0.25) is 6.54 Å². The van der Waals surface area contributed by atoms with Gasteiger partial charge in [0.25, 0.3) is 0 Å². The van der Waals surface area contributed by atoms with E-state index in [0.717, 1.165) is 82.7 Å². The molecule has 1 radical (unpaired) electrons. The number of halogens is 1. The quantitative estimate of drug-likeness (QED) is 0.0393. The minimum absolute atomic E-state index is 0.451. The number of thiophene rings is 3. The maximum atomic E-state index is 9.23. The third-order valence-electron chi connectivity index (χ3n) is 16.7. The number of hydrogen-bond acceptors (Lipinski definition) is 11. The summed E-state index contributed by atoms with van der Waals surface area (Å²) >= 11 is 8.69. The van der Waals surface area contributed by atoms with Crippen LogP contribution in [0.25, 0.3) is 110 Å². The van der Waals surface area contributed by atoms with Gasteiger partial charge in [-0.2, -0.15) is 10.5 Å². The Kier molecular flexibility index (Phi) is 23.7. The van der Waals surface area contributed by atoms with Gasteiger partial charge in [0.1, 0.15) is 5.75 Å². The van der Waals surface area contributed by atoms with Crippen molar-refractivity contribution in [2.75, 3.05) is 19.6 Å². The fraction of sp³-hybridized carbons (Fsp3) is 0.148. The average Bonchev–Trinajstić information content (AvgIpc) is 1.62. The minimum atomic E-state index is -1.48. The summed E-state index contributed by atoms with van der Waals surface area (Å²) in [5, 5.41) is 51.5. The lowest BCUT2D eigenvalue weighted by Crippen LogP contribution is -2.29. The molecule has 0 aliphatic rings. The van der Waals surface area contributed by atoms with Crippen molar-refractivity contribution in [2.45, 2.75) is 57.8 Å². The standard InChI is InChI=1S/C30H22N2S.C30H30N2S.C12H9B2O4S.C9H8BrN/c1-32-16-14-22-6-3-9-24(18-22)26-11-13-30-28(20-26)27-19-25(10-12-29(27)33-30)23-8-2-5-21(17-23)7-4-15-31;31-15-3-7-21-5-1-9-23(17-21)25-11-13-29-27(19-25)28-20-26(12-14-30(28)33-29)24-10-2-6-22(18-24)8-4-16-32;15-13-18-8-2-4-12-10(6-8)9-5-7(14(16)17)1-3-11(9)19-12;10-9-5-1-3-8(7-9)4-2-6-11/h2-3,5-6,8-13,17-20H,4,7,14,16H2;1-2,5-6,9-14,17-20H,3-4,7-8,15-16,31-32H2;1-6,15-17H;1,3,5,7H,2,4H2. The van der Waals surface area contributed by atoms with Gasteiger partial charge < -0.3 is 36.0 Å². The van der Waals surface area contributed by atoms with Crippen LogP contribution in [-0.4, -0.2) is 49.5 Å². The van der Waals surface area contributed by atoms with Crippen molar-refractivity contribution in [3.05, 3.63) is 274 Å². The van der Waals surface area contributed by atoms with Gasteiger partial charge in [-0.1, -0.05) is 162 Å². The lowest BCUT2D eigenvalue weighted by Gasteiger charge is -2.07.